The Balaban J connectivity index is 1.46. The number of benzene rings is 1. The second-order valence-electron chi connectivity index (χ2n) is 6.07. The van der Waals surface area contributed by atoms with Gasteiger partial charge in [0.05, 0.1) is 0 Å². The Hall–Kier alpha value is -2.89. The first-order valence-corrected chi connectivity index (χ1v) is 9.21. The van der Waals surface area contributed by atoms with Gasteiger partial charge in [-0.3, -0.25) is 9.39 Å². The highest BCUT2D eigenvalue weighted by atomic mass is 15.2. The van der Waals surface area contributed by atoms with E-state index in [0.717, 1.165) is 56.3 Å². The van der Waals surface area contributed by atoms with E-state index in [4.69, 9.17) is 0 Å². The van der Waals surface area contributed by atoms with Crippen LogP contribution in [0.4, 0.5) is 0 Å². The van der Waals surface area contributed by atoms with E-state index in [2.05, 4.69) is 57.0 Å². The maximum Gasteiger partial charge on any atom is 0.191 e. The zero-order valence-corrected chi connectivity index (χ0v) is 15.2. The lowest BCUT2D eigenvalue weighted by Gasteiger charge is -2.11. The number of nitrogens with one attached hydrogen (secondary N) is 2. The molecule has 6 heteroatoms. The summed E-state index contributed by atoms with van der Waals surface area (Å²) in [5.74, 6) is 1.81. The molecule has 0 amide bonds. The lowest BCUT2D eigenvalue weighted by molar-refractivity contribution is 0.753. The number of fused-ring (bicyclic) bond motifs is 1. The molecule has 0 radical (unpaired) electrons. The molecule has 0 fully saturated rings. The molecular weight excluding hydrogens is 324 g/mol. The van der Waals surface area contributed by atoms with Crippen LogP contribution in [-0.4, -0.2) is 40.2 Å². The van der Waals surface area contributed by atoms with Crippen LogP contribution in [0, 0.1) is 0 Å². The average Bonchev–Trinajstić information content (AvgIpc) is 3.09. The molecule has 2 aromatic heterocycles. The minimum absolute atomic E-state index is 0.764. The van der Waals surface area contributed by atoms with Crippen molar-refractivity contribution in [1.82, 2.24) is 25.2 Å². The predicted octanol–water partition coefficient (Wildman–Crippen LogP) is 2.46. The molecule has 0 aliphatic heterocycles. The summed E-state index contributed by atoms with van der Waals surface area (Å²) in [6.07, 6.45) is 4.87. The van der Waals surface area contributed by atoms with Gasteiger partial charge < -0.3 is 10.6 Å². The second kappa shape index (κ2) is 9.56. The molecule has 0 saturated carbocycles. The van der Waals surface area contributed by atoms with Gasteiger partial charge in [-0.15, -0.1) is 10.2 Å². The van der Waals surface area contributed by atoms with Crippen LogP contribution in [0.5, 0.6) is 0 Å². The van der Waals surface area contributed by atoms with Crippen molar-refractivity contribution < 1.29 is 0 Å². The molecular formula is C20H26N6. The third-order valence-electron chi connectivity index (χ3n) is 4.11. The molecule has 26 heavy (non-hydrogen) atoms. The molecule has 2 N–H and O–H groups in total. The van der Waals surface area contributed by atoms with Crippen molar-refractivity contribution in [3.8, 4) is 0 Å². The second-order valence-corrected chi connectivity index (χ2v) is 6.07. The first-order valence-electron chi connectivity index (χ1n) is 9.21. The summed E-state index contributed by atoms with van der Waals surface area (Å²) >= 11 is 0. The van der Waals surface area contributed by atoms with Gasteiger partial charge in [0.15, 0.2) is 11.6 Å². The first-order chi connectivity index (χ1) is 12.9. The Bertz CT molecular complexity index is 824. The van der Waals surface area contributed by atoms with Crippen LogP contribution >= 0.6 is 0 Å². The fourth-order valence-corrected chi connectivity index (χ4v) is 2.81. The Kier molecular flexibility index (Phi) is 6.59. The molecule has 0 unspecified atom stereocenters. The number of pyridine rings is 1. The predicted molar refractivity (Wildman–Crippen MR) is 105 cm³/mol. The van der Waals surface area contributed by atoms with Crippen molar-refractivity contribution in [1.29, 1.82) is 0 Å². The first kappa shape index (κ1) is 17.9. The topological polar surface area (TPSA) is 66.6 Å². The molecule has 2 heterocycles. The molecule has 0 saturated heterocycles. The molecule has 136 valence electrons. The van der Waals surface area contributed by atoms with Crippen LogP contribution < -0.4 is 10.6 Å². The standard InChI is InChI=1S/C20H26N6/c1-2-21-20(22-14-8-11-17-9-4-3-5-10-17)23-15-13-19-25-24-18-12-6-7-16-26(18)19/h3-7,9-10,12,16H,2,8,11,13-15H2,1H3,(H2,21,22,23). The van der Waals surface area contributed by atoms with Gasteiger partial charge in [-0.1, -0.05) is 36.4 Å². The van der Waals surface area contributed by atoms with E-state index in [0.29, 0.717) is 0 Å². The number of rotatable bonds is 8. The van der Waals surface area contributed by atoms with Gasteiger partial charge in [0, 0.05) is 32.3 Å². The van der Waals surface area contributed by atoms with Crippen LogP contribution in [0.2, 0.25) is 0 Å². The molecule has 0 atom stereocenters. The van der Waals surface area contributed by atoms with Crippen LogP contribution in [-0.2, 0) is 12.8 Å². The average molecular weight is 350 g/mol. The molecule has 0 spiro atoms. The zero-order valence-electron chi connectivity index (χ0n) is 15.2. The number of hydrogen-bond donors (Lipinski definition) is 2. The van der Waals surface area contributed by atoms with Gasteiger partial charge in [0.25, 0.3) is 0 Å². The van der Waals surface area contributed by atoms with Gasteiger partial charge in [0.2, 0.25) is 0 Å². The van der Waals surface area contributed by atoms with Crippen molar-refractivity contribution in [2.75, 3.05) is 19.6 Å². The maximum atomic E-state index is 4.66. The van der Waals surface area contributed by atoms with Crippen LogP contribution in [0.3, 0.4) is 0 Å². The molecule has 3 rings (SSSR count). The van der Waals surface area contributed by atoms with Crippen LogP contribution in [0.1, 0.15) is 24.7 Å². The van der Waals surface area contributed by atoms with Crippen molar-refractivity contribution in [2.24, 2.45) is 4.99 Å². The van der Waals surface area contributed by atoms with E-state index in [1.807, 2.05) is 34.9 Å². The largest absolute Gasteiger partial charge is 0.357 e. The van der Waals surface area contributed by atoms with Crippen LogP contribution in [0.15, 0.2) is 59.7 Å². The number of aliphatic imine (C=N–C) groups is 1. The highest BCUT2D eigenvalue weighted by Gasteiger charge is 2.04. The lowest BCUT2D eigenvalue weighted by Crippen LogP contribution is -2.38. The van der Waals surface area contributed by atoms with E-state index in [9.17, 15) is 0 Å². The Morgan fingerprint density at radius 2 is 1.85 bits per heavy atom. The molecule has 3 aromatic rings. The highest BCUT2D eigenvalue weighted by Crippen LogP contribution is 2.03. The Morgan fingerprint density at radius 1 is 1.00 bits per heavy atom. The summed E-state index contributed by atoms with van der Waals surface area (Å²) in [5, 5.41) is 15.1. The third kappa shape index (κ3) is 5.05. The minimum Gasteiger partial charge on any atom is -0.357 e. The number of guanidine groups is 1. The summed E-state index contributed by atoms with van der Waals surface area (Å²) in [4.78, 5) is 4.66. The summed E-state index contributed by atoms with van der Waals surface area (Å²) in [6, 6.07) is 16.5. The summed E-state index contributed by atoms with van der Waals surface area (Å²) in [7, 11) is 0. The van der Waals surface area contributed by atoms with E-state index in [-0.39, 0.29) is 0 Å². The SMILES string of the molecule is CCNC(=NCCCc1ccccc1)NCCc1nnc2ccccn12. The number of aryl methyl sites for hydroxylation is 1. The molecule has 0 aliphatic rings. The lowest BCUT2D eigenvalue weighted by atomic mass is 10.1. The summed E-state index contributed by atoms with van der Waals surface area (Å²) in [6.45, 7) is 4.49. The Labute approximate surface area is 154 Å². The quantitative estimate of drug-likeness (QED) is 0.372. The van der Waals surface area contributed by atoms with Crippen molar-refractivity contribution in [3.63, 3.8) is 0 Å². The molecule has 6 nitrogen and oxygen atoms in total. The number of aromatic nitrogens is 3. The van der Waals surface area contributed by atoms with Gasteiger partial charge in [-0.25, -0.2) is 0 Å². The molecule has 0 bridgehead atoms. The Morgan fingerprint density at radius 3 is 2.69 bits per heavy atom. The van der Waals surface area contributed by atoms with Gasteiger partial charge in [-0.2, -0.15) is 0 Å². The highest BCUT2D eigenvalue weighted by molar-refractivity contribution is 5.79. The van der Waals surface area contributed by atoms with Crippen LogP contribution in [0.25, 0.3) is 5.65 Å². The van der Waals surface area contributed by atoms with Crippen molar-refractivity contribution >= 4 is 11.6 Å². The summed E-state index contributed by atoms with van der Waals surface area (Å²) in [5.41, 5.74) is 2.24. The monoisotopic (exact) mass is 350 g/mol. The van der Waals surface area contributed by atoms with Crippen molar-refractivity contribution in [3.05, 3.63) is 66.1 Å². The fraction of sp³-hybridized carbons (Fsp3) is 0.350. The normalized spacial score (nSPS) is 11.7. The number of nitrogens with zero attached hydrogens (tertiary/aromatic N) is 4. The molecule has 1 aromatic carbocycles. The zero-order chi connectivity index (χ0) is 18.0. The fourth-order valence-electron chi connectivity index (χ4n) is 2.81. The minimum atomic E-state index is 0.764. The van der Waals surface area contributed by atoms with Crippen molar-refractivity contribution in [2.45, 2.75) is 26.2 Å². The third-order valence-corrected chi connectivity index (χ3v) is 4.11. The van der Waals surface area contributed by atoms with Gasteiger partial charge in [-0.05, 0) is 37.5 Å². The van der Waals surface area contributed by atoms with Gasteiger partial charge >= 0.3 is 0 Å². The van der Waals surface area contributed by atoms with E-state index in [1.165, 1.54) is 5.56 Å². The molecule has 0 aliphatic carbocycles. The van der Waals surface area contributed by atoms with E-state index >= 15 is 0 Å². The van der Waals surface area contributed by atoms with Gasteiger partial charge in [0.1, 0.15) is 5.82 Å². The smallest absolute Gasteiger partial charge is 0.191 e. The van der Waals surface area contributed by atoms with E-state index < -0.39 is 0 Å². The van der Waals surface area contributed by atoms with E-state index in [1.54, 1.807) is 0 Å². The maximum absolute atomic E-state index is 4.66. The number of hydrogen-bond acceptors (Lipinski definition) is 3. The summed E-state index contributed by atoms with van der Waals surface area (Å²) < 4.78 is 2.02.